The number of aliphatic hydroxyl groups excluding tert-OH is 1. The van der Waals surface area contributed by atoms with Crippen molar-refractivity contribution in [2.45, 2.75) is 44.6 Å². The molecule has 2 rings (SSSR count). The fourth-order valence-corrected chi connectivity index (χ4v) is 3.14. The van der Waals surface area contributed by atoms with Gasteiger partial charge in [-0.15, -0.1) is 0 Å². The van der Waals surface area contributed by atoms with Gasteiger partial charge in [-0.05, 0) is 38.0 Å². The molecular formula is C13H23NO3. The second kappa shape index (κ2) is 5.36. The number of aliphatic hydroxyl groups is 1. The van der Waals surface area contributed by atoms with E-state index in [4.69, 9.17) is 9.84 Å². The zero-order chi connectivity index (χ0) is 12.3. The van der Waals surface area contributed by atoms with E-state index in [-0.39, 0.29) is 18.1 Å². The molecule has 1 unspecified atom stereocenters. The minimum atomic E-state index is -0.00988. The number of hydrogen-bond donors (Lipinski definition) is 1. The predicted octanol–water partition coefficient (Wildman–Crippen LogP) is 1.18. The van der Waals surface area contributed by atoms with Crippen molar-refractivity contribution >= 4 is 5.91 Å². The summed E-state index contributed by atoms with van der Waals surface area (Å²) < 4.78 is 5.99. The van der Waals surface area contributed by atoms with Gasteiger partial charge >= 0.3 is 0 Å². The minimum Gasteiger partial charge on any atom is -0.396 e. The Morgan fingerprint density at radius 1 is 1.47 bits per heavy atom. The molecule has 98 valence electrons. The van der Waals surface area contributed by atoms with Gasteiger partial charge in [0.2, 0.25) is 5.91 Å². The topological polar surface area (TPSA) is 49.8 Å². The van der Waals surface area contributed by atoms with Crippen LogP contribution in [0.5, 0.6) is 0 Å². The Hall–Kier alpha value is -0.610. The summed E-state index contributed by atoms with van der Waals surface area (Å²) in [5.41, 5.74) is -0.00988. The summed E-state index contributed by atoms with van der Waals surface area (Å²) in [7, 11) is 0. The zero-order valence-corrected chi connectivity index (χ0v) is 10.7. The minimum absolute atomic E-state index is 0.00988. The van der Waals surface area contributed by atoms with Crippen LogP contribution in [0, 0.1) is 5.92 Å². The fraction of sp³-hybridized carbons (Fsp3) is 0.923. The van der Waals surface area contributed by atoms with Crippen LogP contribution in [0.3, 0.4) is 0 Å². The van der Waals surface area contributed by atoms with E-state index in [0.29, 0.717) is 5.92 Å². The van der Waals surface area contributed by atoms with E-state index in [1.807, 2.05) is 4.90 Å². The Kier molecular flexibility index (Phi) is 4.05. The molecule has 0 aromatic carbocycles. The first-order valence-corrected chi connectivity index (χ1v) is 6.65. The first-order valence-electron chi connectivity index (χ1n) is 6.65. The summed E-state index contributed by atoms with van der Waals surface area (Å²) >= 11 is 0. The number of nitrogens with zero attached hydrogens (tertiary/aromatic N) is 1. The standard InChI is InChI=1S/C13H23NO3/c1-11(16)14-6-4-13(5-7-14)10-12(2-8-15)3-9-17-13/h12,15H,2-10H2,1H3. The van der Waals surface area contributed by atoms with Crippen molar-refractivity contribution in [3.63, 3.8) is 0 Å². The largest absolute Gasteiger partial charge is 0.396 e. The molecule has 2 fully saturated rings. The van der Waals surface area contributed by atoms with Crippen LogP contribution >= 0.6 is 0 Å². The molecule has 2 aliphatic rings. The number of likely N-dealkylation sites (tertiary alicyclic amines) is 1. The Labute approximate surface area is 103 Å². The number of carbonyl (C=O) groups is 1. The molecular weight excluding hydrogens is 218 g/mol. The van der Waals surface area contributed by atoms with Gasteiger partial charge in [0, 0.05) is 33.2 Å². The van der Waals surface area contributed by atoms with E-state index in [9.17, 15) is 4.79 Å². The van der Waals surface area contributed by atoms with Crippen molar-refractivity contribution in [2.24, 2.45) is 5.92 Å². The Balaban J connectivity index is 1.90. The molecule has 2 saturated heterocycles. The summed E-state index contributed by atoms with van der Waals surface area (Å²) in [6.45, 7) is 4.36. The normalized spacial score (nSPS) is 28.4. The van der Waals surface area contributed by atoms with Crippen LogP contribution < -0.4 is 0 Å². The summed E-state index contributed by atoms with van der Waals surface area (Å²) in [5.74, 6) is 0.764. The predicted molar refractivity (Wildman–Crippen MR) is 64.6 cm³/mol. The SMILES string of the molecule is CC(=O)N1CCC2(CC1)CC(CCO)CCO2. The lowest BCUT2D eigenvalue weighted by Crippen LogP contribution is -2.50. The highest BCUT2D eigenvalue weighted by atomic mass is 16.5. The van der Waals surface area contributed by atoms with Crippen molar-refractivity contribution in [1.82, 2.24) is 4.90 Å². The first kappa shape index (κ1) is 12.8. The van der Waals surface area contributed by atoms with Gasteiger partial charge in [-0.25, -0.2) is 0 Å². The van der Waals surface area contributed by atoms with Crippen LogP contribution in [-0.2, 0) is 9.53 Å². The van der Waals surface area contributed by atoms with Crippen molar-refractivity contribution in [3.05, 3.63) is 0 Å². The summed E-state index contributed by atoms with van der Waals surface area (Å²) in [5, 5.41) is 9.03. The van der Waals surface area contributed by atoms with E-state index in [1.54, 1.807) is 6.92 Å². The maximum atomic E-state index is 11.3. The fourth-order valence-electron chi connectivity index (χ4n) is 3.14. The summed E-state index contributed by atoms with van der Waals surface area (Å²) in [4.78, 5) is 13.2. The van der Waals surface area contributed by atoms with E-state index in [2.05, 4.69) is 0 Å². The number of amides is 1. The molecule has 1 amide bonds. The van der Waals surface area contributed by atoms with Crippen LogP contribution in [0.4, 0.5) is 0 Å². The summed E-state index contributed by atoms with van der Waals surface area (Å²) in [6, 6.07) is 0. The molecule has 0 aromatic heterocycles. The van der Waals surface area contributed by atoms with Crippen LogP contribution in [0.15, 0.2) is 0 Å². The maximum Gasteiger partial charge on any atom is 0.219 e. The number of rotatable bonds is 2. The number of piperidine rings is 1. The molecule has 0 radical (unpaired) electrons. The number of carbonyl (C=O) groups excluding carboxylic acids is 1. The van der Waals surface area contributed by atoms with E-state index in [0.717, 1.165) is 51.8 Å². The maximum absolute atomic E-state index is 11.3. The third-order valence-corrected chi connectivity index (χ3v) is 4.25. The molecule has 0 aliphatic carbocycles. The Morgan fingerprint density at radius 2 is 2.18 bits per heavy atom. The molecule has 0 saturated carbocycles. The van der Waals surface area contributed by atoms with Crippen molar-refractivity contribution in [3.8, 4) is 0 Å². The van der Waals surface area contributed by atoms with Crippen LogP contribution in [0.25, 0.3) is 0 Å². The number of hydrogen-bond acceptors (Lipinski definition) is 3. The van der Waals surface area contributed by atoms with Crippen molar-refractivity contribution in [2.75, 3.05) is 26.3 Å². The van der Waals surface area contributed by atoms with Crippen LogP contribution in [0.2, 0.25) is 0 Å². The van der Waals surface area contributed by atoms with Gasteiger partial charge in [-0.3, -0.25) is 4.79 Å². The first-order chi connectivity index (χ1) is 8.15. The van der Waals surface area contributed by atoms with Gasteiger partial charge in [0.15, 0.2) is 0 Å². The second-order valence-electron chi connectivity index (χ2n) is 5.41. The molecule has 4 heteroatoms. The molecule has 1 N–H and O–H groups in total. The smallest absolute Gasteiger partial charge is 0.219 e. The molecule has 1 atom stereocenters. The lowest BCUT2D eigenvalue weighted by atomic mass is 9.78. The molecule has 2 heterocycles. The van der Waals surface area contributed by atoms with E-state index in [1.165, 1.54) is 0 Å². The number of ether oxygens (including phenoxy) is 1. The molecule has 0 aromatic rings. The third kappa shape index (κ3) is 2.99. The Bertz CT molecular complexity index is 270. The molecule has 17 heavy (non-hydrogen) atoms. The van der Waals surface area contributed by atoms with Gasteiger partial charge in [-0.2, -0.15) is 0 Å². The highest BCUT2D eigenvalue weighted by Gasteiger charge is 2.40. The van der Waals surface area contributed by atoms with Crippen LogP contribution in [0.1, 0.15) is 39.0 Å². The van der Waals surface area contributed by atoms with Gasteiger partial charge in [0.25, 0.3) is 0 Å². The quantitative estimate of drug-likeness (QED) is 0.789. The van der Waals surface area contributed by atoms with Gasteiger partial charge < -0.3 is 14.7 Å². The van der Waals surface area contributed by atoms with Crippen molar-refractivity contribution in [1.29, 1.82) is 0 Å². The van der Waals surface area contributed by atoms with E-state index < -0.39 is 0 Å². The highest BCUT2D eigenvalue weighted by molar-refractivity contribution is 5.73. The van der Waals surface area contributed by atoms with Gasteiger partial charge in [0.1, 0.15) is 0 Å². The molecule has 4 nitrogen and oxygen atoms in total. The van der Waals surface area contributed by atoms with Crippen LogP contribution in [-0.4, -0.2) is 47.8 Å². The second-order valence-corrected chi connectivity index (χ2v) is 5.41. The van der Waals surface area contributed by atoms with Crippen molar-refractivity contribution < 1.29 is 14.6 Å². The Morgan fingerprint density at radius 3 is 2.76 bits per heavy atom. The summed E-state index contributed by atoms with van der Waals surface area (Å²) in [6.07, 6.45) is 4.92. The lowest BCUT2D eigenvalue weighted by Gasteiger charge is -2.46. The van der Waals surface area contributed by atoms with Gasteiger partial charge in [0.05, 0.1) is 5.60 Å². The highest BCUT2D eigenvalue weighted by Crippen LogP contribution is 2.38. The monoisotopic (exact) mass is 241 g/mol. The lowest BCUT2D eigenvalue weighted by molar-refractivity contribution is -0.146. The molecule has 2 aliphatic heterocycles. The molecule has 1 spiro atoms. The molecule has 0 bridgehead atoms. The average molecular weight is 241 g/mol. The van der Waals surface area contributed by atoms with E-state index >= 15 is 0 Å². The third-order valence-electron chi connectivity index (χ3n) is 4.25. The van der Waals surface area contributed by atoms with Gasteiger partial charge in [-0.1, -0.05) is 0 Å². The zero-order valence-electron chi connectivity index (χ0n) is 10.7. The average Bonchev–Trinajstić information content (AvgIpc) is 2.30.